The molecule has 2 atom stereocenters. The van der Waals surface area contributed by atoms with Crippen LogP contribution in [0.1, 0.15) is 0 Å². The van der Waals surface area contributed by atoms with Crippen LogP contribution >= 0.6 is 23.2 Å². The lowest BCUT2D eigenvalue weighted by Gasteiger charge is -2.10. The molecular weight excluding hydrogens is 213 g/mol. The molecule has 0 bridgehead atoms. The van der Waals surface area contributed by atoms with Crippen LogP contribution in [0.25, 0.3) is 0 Å². The molecule has 2 nitrogen and oxygen atoms in total. The maximum Gasteiger partial charge on any atom is 0.334 e. The average molecular weight is 217 g/mol. The van der Waals surface area contributed by atoms with Crippen LogP contribution in [0.4, 0.5) is 8.78 Å². The SMILES string of the molecule is O=C=C1OC(CCl)C(Cl)C1(F)F. The molecule has 0 aromatic heterocycles. The van der Waals surface area contributed by atoms with Gasteiger partial charge in [-0.2, -0.15) is 8.78 Å². The zero-order chi connectivity index (χ0) is 9.35. The molecule has 0 aliphatic carbocycles. The number of alkyl halides is 4. The first-order valence-corrected chi connectivity index (χ1v) is 4.01. The first-order chi connectivity index (χ1) is 5.54. The summed E-state index contributed by atoms with van der Waals surface area (Å²) in [6, 6.07) is 0. The highest BCUT2D eigenvalue weighted by atomic mass is 35.5. The average Bonchev–Trinajstić information content (AvgIpc) is 2.25. The zero-order valence-corrected chi connectivity index (χ0v) is 7.20. The minimum absolute atomic E-state index is 0.186. The highest BCUT2D eigenvalue weighted by molar-refractivity contribution is 6.24. The van der Waals surface area contributed by atoms with Gasteiger partial charge in [0.05, 0.1) is 5.88 Å². The van der Waals surface area contributed by atoms with Crippen LogP contribution in [0.3, 0.4) is 0 Å². The summed E-state index contributed by atoms with van der Waals surface area (Å²) in [5.74, 6) is -3.70. The van der Waals surface area contributed by atoms with E-state index in [0.717, 1.165) is 5.94 Å². The molecule has 0 aromatic carbocycles. The number of ether oxygens (including phenoxy) is 1. The van der Waals surface area contributed by atoms with E-state index in [1.54, 1.807) is 0 Å². The summed E-state index contributed by atoms with van der Waals surface area (Å²) in [5.41, 5.74) is 0. The van der Waals surface area contributed by atoms with Crippen LogP contribution in [0, 0.1) is 0 Å². The topological polar surface area (TPSA) is 26.3 Å². The second-order valence-electron chi connectivity index (χ2n) is 2.27. The van der Waals surface area contributed by atoms with Crippen molar-refractivity contribution in [3.05, 3.63) is 5.76 Å². The predicted molar refractivity (Wildman–Crippen MR) is 39.4 cm³/mol. The van der Waals surface area contributed by atoms with E-state index in [9.17, 15) is 13.6 Å². The molecule has 1 fully saturated rings. The summed E-state index contributed by atoms with van der Waals surface area (Å²) in [4.78, 5) is 9.96. The molecule has 1 aliphatic heterocycles. The molecule has 0 saturated carbocycles. The highest BCUT2D eigenvalue weighted by Gasteiger charge is 2.56. The van der Waals surface area contributed by atoms with Gasteiger partial charge in [0.2, 0.25) is 0 Å². The van der Waals surface area contributed by atoms with Crippen molar-refractivity contribution in [2.75, 3.05) is 5.88 Å². The standard InChI is InChI=1S/C6H4Cl2F2O2/c7-1-3-5(8)6(9,10)4(2-11)12-3/h3,5H,1H2. The lowest BCUT2D eigenvalue weighted by atomic mass is 10.2. The highest BCUT2D eigenvalue weighted by Crippen LogP contribution is 2.41. The predicted octanol–water partition coefficient (Wildman–Crippen LogP) is 1.58. The molecule has 0 amide bonds. The fourth-order valence-electron chi connectivity index (χ4n) is 0.850. The molecule has 68 valence electrons. The molecular formula is C6H4Cl2F2O2. The summed E-state index contributed by atoms with van der Waals surface area (Å²) < 4.78 is 30.1. The third kappa shape index (κ3) is 1.30. The number of allylic oxidation sites excluding steroid dienone is 1. The van der Waals surface area contributed by atoms with Gasteiger partial charge in [0, 0.05) is 0 Å². The maximum absolute atomic E-state index is 12.8. The van der Waals surface area contributed by atoms with Gasteiger partial charge >= 0.3 is 5.92 Å². The Labute approximate surface area is 77.1 Å². The van der Waals surface area contributed by atoms with Gasteiger partial charge in [-0.15, -0.1) is 23.2 Å². The fourth-order valence-corrected chi connectivity index (χ4v) is 1.42. The third-order valence-electron chi connectivity index (χ3n) is 1.49. The molecule has 6 heteroatoms. The number of hydrogen-bond acceptors (Lipinski definition) is 2. The van der Waals surface area contributed by atoms with Crippen molar-refractivity contribution < 1.29 is 18.3 Å². The first-order valence-electron chi connectivity index (χ1n) is 3.04. The van der Waals surface area contributed by atoms with Gasteiger partial charge < -0.3 is 4.74 Å². The monoisotopic (exact) mass is 216 g/mol. The van der Waals surface area contributed by atoms with E-state index in [2.05, 4.69) is 4.74 Å². The molecule has 12 heavy (non-hydrogen) atoms. The summed E-state index contributed by atoms with van der Waals surface area (Å²) in [6.07, 6.45) is -1.03. The minimum atomic E-state index is -3.46. The van der Waals surface area contributed by atoms with E-state index in [4.69, 9.17) is 23.2 Å². The largest absolute Gasteiger partial charge is 0.476 e. The van der Waals surface area contributed by atoms with Crippen molar-refractivity contribution in [1.29, 1.82) is 0 Å². The van der Waals surface area contributed by atoms with Crippen molar-refractivity contribution in [2.24, 2.45) is 0 Å². The number of halogens is 4. The van der Waals surface area contributed by atoms with Crippen LogP contribution in [-0.4, -0.2) is 29.2 Å². The van der Waals surface area contributed by atoms with Crippen LogP contribution in [-0.2, 0) is 9.53 Å². The van der Waals surface area contributed by atoms with Gasteiger partial charge in [0.15, 0.2) is 5.94 Å². The summed E-state index contributed by atoms with van der Waals surface area (Å²) in [6.45, 7) is 0. The maximum atomic E-state index is 12.8. The van der Waals surface area contributed by atoms with Crippen LogP contribution in [0.15, 0.2) is 5.76 Å². The lowest BCUT2D eigenvalue weighted by molar-refractivity contribution is 0.0425. The van der Waals surface area contributed by atoms with E-state index < -0.39 is 23.2 Å². The van der Waals surface area contributed by atoms with Gasteiger partial charge in [-0.3, -0.25) is 0 Å². The van der Waals surface area contributed by atoms with Gasteiger partial charge in [0.25, 0.3) is 5.76 Å². The molecule has 0 N–H and O–H groups in total. The Morgan fingerprint density at radius 3 is 2.50 bits per heavy atom. The van der Waals surface area contributed by atoms with Gasteiger partial charge in [-0.1, -0.05) is 0 Å². The summed E-state index contributed by atoms with van der Waals surface area (Å²) >= 11 is 10.6. The quantitative estimate of drug-likeness (QED) is 0.492. The van der Waals surface area contributed by atoms with E-state index in [1.807, 2.05) is 0 Å². The Balaban J connectivity index is 2.95. The molecule has 1 saturated heterocycles. The van der Waals surface area contributed by atoms with Crippen LogP contribution in [0.5, 0.6) is 0 Å². The van der Waals surface area contributed by atoms with Gasteiger partial charge in [0.1, 0.15) is 11.5 Å². The van der Waals surface area contributed by atoms with E-state index in [1.165, 1.54) is 0 Å². The summed E-state index contributed by atoms with van der Waals surface area (Å²) in [5, 5.41) is -1.59. The molecule has 0 aromatic rings. The van der Waals surface area contributed by atoms with E-state index in [0.29, 0.717) is 0 Å². The number of carbonyl (C=O) groups excluding carboxylic acids is 1. The van der Waals surface area contributed by atoms with Gasteiger partial charge in [-0.25, -0.2) is 4.79 Å². The molecule has 1 aliphatic rings. The minimum Gasteiger partial charge on any atom is -0.476 e. The Morgan fingerprint density at radius 1 is 1.67 bits per heavy atom. The number of rotatable bonds is 1. The van der Waals surface area contributed by atoms with E-state index >= 15 is 0 Å². The second-order valence-corrected chi connectivity index (χ2v) is 3.05. The lowest BCUT2D eigenvalue weighted by Crippen LogP contribution is -2.31. The zero-order valence-electron chi connectivity index (χ0n) is 5.69. The molecule has 1 heterocycles. The Morgan fingerprint density at radius 2 is 2.25 bits per heavy atom. The number of hydrogen-bond donors (Lipinski definition) is 0. The smallest absolute Gasteiger partial charge is 0.334 e. The molecule has 0 radical (unpaired) electrons. The molecule has 2 unspecified atom stereocenters. The molecule has 1 rings (SSSR count). The van der Waals surface area contributed by atoms with Crippen molar-refractivity contribution in [1.82, 2.24) is 0 Å². The van der Waals surface area contributed by atoms with Gasteiger partial charge in [-0.05, 0) is 0 Å². The van der Waals surface area contributed by atoms with Crippen molar-refractivity contribution in [3.8, 4) is 0 Å². The van der Waals surface area contributed by atoms with Crippen molar-refractivity contribution in [2.45, 2.75) is 17.4 Å². The molecule has 0 spiro atoms. The fraction of sp³-hybridized carbons (Fsp3) is 0.667. The first kappa shape index (κ1) is 9.78. The Hall–Kier alpha value is -0.310. The second kappa shape index (κ2) is 3.21. The van der Waals surface area contributed by atoms with Crippen LogP contribution < -0.4 is 0 Å². The van der Waals surface area contributed by atoms with E-state index in [-0.39, 0.29) is 5.88 Å². The third-order valence-corrected chi connectivity index (χ3v) is 2.35. The van der Waals surface area contributed by atoms with Crippen LogP contribution in [0.2, 0.25) is 0 Å². The Bertz CT molecular complexity index is 238. The van der Waals surface area contributed by atoms with Crippen molar-refractivity contribution >= 4 is 29.1 Å². The summed E-state index contributed by atoms with van der Waals surface area (Å²) in [7, 11) is 0. The van der Waals surface area contributed by atoms with Crippen molar-refractivity contribution in [3.63, 3.8) is 0 Å². The Kier molecular flexibility index (Phi) is 2.61. The normalized spacial score (nSPS) is 32.8.